The molecule has 1 aromatic carbocycles. The van der Waals surface area contributed by atoms with E-state index in [0.717, 1.165) is 61.3 Å². The minimum atomic E-state index is 0.0364. The predicted molar refractivity (Wildman–Crippen MR) is 103 cm³/mol. The summed E-state index contributed by atoms with van der Waals surface area (Å²) >= 11 is 0. The van der Waals surface area contributed by atoms with E-state index in [2.05, 4.69) is 30.4 Å². The predicted octanol–water partition coefficient (Wildman–Crippen LogP) is 1.85. The van der Waals surface area contributed by atoms with Crippen LogP contribution < -0.4 is 5.56 Å². The van der Waals surface area contributed by atoms with Crippen LogP contribution in [-0.2, 0) is 13.1 Å². The van der Waals surface area contributed by atoms with E-state index in [0.29, 0.717) is 6.54 Å². The Balaban J connectivity index is 1.36. The molecule has 1 aliphatic rings. The molecule has 0 amide bonds. The lowest BCUT2D eigenvalue weighted by Crippen LogP contribution is -2.47. The van der Waals surface area contributed by atoms with Crippen LogP contribution in [0.5, 0.6) is 0 Å². The molecule has 4 rings (SSSR count). The van der Waals surface area contributed by atoms with Crippen LogP contribution in [0.4, 0.5) is 0 Å². The number of pyridine rings is 1. The molecule has 3 aromatic rings. The first-order valence-electron chi connectivity index (χ1n) is 9.21. The van der Waals surface area contributed by atoms with Crippen molar-refractivity contribution in [1.29, 1.82) is 0 Å². The van der Waals surface area contributed by atoms with Crippen molar-refractivity contribution >= 4 is 10.9 Å². The zero-order valence-corrected chi connectivity index (χ0v) is 15.2. The molecule has 1 aliphatic heterocycles. The number of nitrogens with one attached hydrogen (secondary N) is 1. The molecule has 2 aromatic heterocycles. The highest BCUT2D eigenvalue weighted by Crippen LogP contribution is 2.16. The Kier molecular flexibility index (Phi) is 4.86. The van der Waals surface area contributed by atoms with Gasteiger partial charge in [-0.15, -0.1) is 0 Å². The van der Waals surface area contributed by atoms with E-state index in [-0.39, 0.29) is 5.56 Å². The van der Waals surface area contributed by atoms with Crippen molar-refractivity contribution in [3.8, 4) is 0 Å². The zero-order valence-electron chi connectivity index (χ0n) is 15.2. The SMILES string of the molecule is Cc1cccc2cc(CN3CCN(CCn4ccnc4)CC3)c(=O)[nH]c12. The van der Waals surface area contributed by atoms with Gasteiger partial charge in [0.1, 0.15) is 0 Å². The standard InChI is InChI=1S/C20H25N5O/c1-16-3-2-4-17-13-18(20(26)22-19(16)17)14-24-10-7-23(8-11-24)9-12-25-6-5-21-15-25/h2-6,13,15H,7-12,14H2,1H3,(H,22,26). The number of benzene rings is 1. The monoisotopic (exact) mass is 351 g/mol. The van der Waals surface area contributed by atoms with E-state index in [4.69, 9.17) is 0 Å². The van der Waals surface area contributed by atoms with Gasteiger partial charge in [0, 0.05) is 63.8 Å². The van der Waals surface area contributed by atoms with Crippen LogP contribution in [0.1, 0.15) is 11.1 Å². The largest absolute Gasteiger partial charge is 0.336 e. The van der Waals surface area contributed by atoms with Crippen molar-refractivity contribution < 1.29 is 0 Å². The van der Waals surface area contributed by atoms with Crippen LogP contribution in [0.25, 0.3) is 10.9 Å². The second-order valence-electron chi connectivity index (χ2n) is 7.08. The summed E-state index contributed by atoms with van der Waals surface area (Å²) in [6.07, 6.45) is 5.69. The molecule has 6 heteroatoms. The number of aromatic nitrogens is 3. The van der Waals surface area contributed by atoms with E-state index in [1.165, 1.54) is 0 Å². The van der Waals surface area contributed by atoms with Crippen molar-refractivity contribution in [2.45, 2.75) is 20.0 Å². The summed E-state index contributed by atoms with van der Waals surface area (Å²) < 4.78 is 2.11. The van der Waals surface area contributed by atoms with Crippen molar-refractivity contribution in [3.63, 3.8) is 0 Å². The van der Waals surface area contributed by atoms with Gasteiger partial charge in [-0.3, -0.25) is 14.6 Å². The highest BCUT2D eigenvalue weighted by molar-refractivity contribution is 5.81. The summed E-state index contributed by atoms with van der Waals surface area (Å²) in [5.74, 6) is 0. The lowest BCUT2D eigenvalue weighted by atomic mass is 10.1. The van der Waals surface area contributed by atoms with Crippen LogP contribution >= 0.6 is 0 Å². The van der Waals surface area contributed by atoms with Gasteiger partial charge in [0.05, 0.1) is 11.8 Å². The van der Waals surface area contributed by atoms with Crippen LogP contribution in [0.2, 0.25) is 0 Å². The maximum absolute atomic E-state index is 12.5. The number of fused-ring (bicyclic) bond motifs is 1. The number of H-pyrrole nitrogens is 1. The number of aromatic amines is 1. The molecule has 0 bridgehead atoms. The van der Waals surface area contributed by atoms with Gasteiger partial charge in [-0.25, -0.2) is 4.98 Å². The smallest absolute Gasteiger partial charge is 0.252 e. The number of imidazole rings is 1. The number of hydrogen-bond donors (Lipinski definition) is 1. The molecule has 6 nitrogen and oxygen atoms in total. The van der Waals surface area contributed by atoms with Gasteiger partial charge in [-0.1, -0.05) is 18.2 Å². The quantitative estimate of drug-likeness (QED) is 0.762. The molecule has 0 saturated carbocycles. The maximum atomic E-state index is 12.5. The molecule has 1 saturated heterocycles. The third-order valence-corrected chi connectivity index (χ3v) is 5.26. The lowest BCUT2D eigenvalue weighted by Gasteiger charge is -2.34. The second-order valence-corrected chi connectivity index (χ2v) is 7.08. The summed E-state index contributed by atoms with van der Waals surface area (Å²) in [5.41, 5.74) is 2.95. The van der Waals surface area contributed by atoms with Gasteiger partial charge in [0.15, 0.2) is 0 Å². The average Bonchev–Trinajstić information content (AvgIpc) is 3.16. The first-order chi connectivity index (χ1) is 12.7. The second kappa shape index (κ2) is 7.43. The summed E-state index contributed by atoms with van der Waals surface area (Å²) in [6.45, 7) is 8.84. The number of aryl methyl sites for hydroxylation is 1. The Morgan fingerprint density at radius 2 is 1.92 bits per heavy atom. The van der Waals surface area contributed by atoms with E-state index >= 15 is 0 Å². The molecular formula is C20H25N5O. The molecule has 3 heterocycles. The van der Waals surface area contributed by atoms with E-state index in [1.54, 1.807) is 0 Å². The fraction of sp³-hybridized carbons (Fsp3) is 0.400. The number of rotatable bonds is 5. The van der Waals surface area contributed by atoms with E-state index in [1.807, 2.05) is 43.8 Å². The normalized spacial score (nSPS) is 16.3. The number of nitrogens with zero attached hydrogens (tertiary/aromatic N) is 4. The number of para-hydroxylation sites is 1. The molecule has 1 fully saturated rings. The highest BCUT2D eigenvalue weighted by Gasteiger charge is 2.18. The molecule has 0 radical (unpaired) electrons. The van der Waals surface area contributed by atoms with E-state index < -0.39 is 0 Å². The van der Waals surface area contributed by atoms with Gasteiger partial charge in [-0.2, -0.15) is 0 Å². The van der Waals surface area contributed by atoms with E-state index in [9.17, 15) is 4.79 Å². The van der Waals surface area contributed by atoms with Gasteiger partial charge >= 0.3 is 0 Å². The van der Waals surface area contributed by atoms with Gasteiger partial charge < -0.3 is 9.55 Å². The highest BCUT2D eigenvalue weighted by atomic mass is 16.1. The van der Waals surface area contributed by atoms with Crippen LogP contribution in [0, 0.1) is 6.92 Å². The molecule has 1 N–H and O–H groups in total. The Labute approximate surface area is 153 Å². The summed E-state index contributed by atoms with van der Waals surface area (Å²) in [4.78, 5) is 24.5. The van der Waals surface area contributed by atoms with Crippen LogP contribution in [-0.4, -0.2) is 57.1 Å². The van der Waals surface area contributed by atoms with Gasteiger partial charge in [-0.05, 0) is 23.9 Å². The molecule has 136 valence electrons. The molecule has 0 aliphatic carbocycles. The van der Waals surface area contributed by atoms with Crippen molar-refractivity contribution in [2.24, 2.45) is 0 Å². The summed E-state index contributed by atoms with van der Waals surface area (Å²) in [7, 11) is 0. The summed E-state index contributed by atoms with van der Waals surface area (Å²) in [6, 6.07) is 8.18. The Morgan fingerprint density at radius 1 is 1.12 bits per heavy atom. The maximum Gasteiger partial charge on any atom is 0.252 e. The topological polar surface area (TPSA) is 57.2 Å². The molecule has 26 heavy (non-hydrogen) atoms. The molecule has 0 spiro atoms. The zero-order chi connectivity index (χ0) is 17.9. The van der Waals surface area contributed by atoms with Gasteiger partial charge in [0.2, 0.25) is 0 Å². The first-order valence-corrected chi connectivity index (χ1v) is 9.21. The van der Waals surface area contributed by atoms with Gasteiger partial charge in [0.25, 0.3) is 5.56 Å². The van der Waals surface area contributed by atoms with Crippen LogP contribution in [0.3, 0.4) is 0 Å². The number of hydrogen-bond acceptors (Lipinski definition) is 4. The summed E-state index contributed by atoms with van der Waals surface area (Å²) in [5, 5.41) is 1.11. The molecular weight excluding hydrogens is 326 g/mol. The van der Waals surface area contributed by atoms with Crippen molar-refractivity contribution in [1.82, 2.24) is 24.3 Å². The average molecular weight is 351 g/mol. The Bertz CT molecular complexity index is 923. The van der Waals surface area contributed by atoms with Crippen LogP contribution in [0.15, 0.2) is 47.8 Å². The van der Waals surface area contributed by atoms with Crippen molar-refractivity contribution in [2.75, 3.05) is 32.7 Å². The number of piperazine rings is 1. The Hall–Kier alpha value is -2.44. The minimum Gasteiger partial charge on any atom is -0.336 e. The Morgan fingerprint density at radius 3 is 2.69 bits per heavy atom. The fourth-order valence-corrected chi connectivity index (χ4v) is 3.63. The third kappa shape index (κ3) is 3.71. The molecule has 0 unspecified atom stereocenters. The van der Waals surface area contributed by atoms with Crippen molar-refractivity contribution in [3.05, 3.63) is 64.5 Å². The third-order valence-electron chi connectivity index (χ3n) is 5.26. The fourth-order valence-electron chi connectivity index (χ4n) is 3.63. The first kappa shape index (κ1) is 17.0. The minimum absolute atomic E-state index is 0.0364. The molecule has 0 atom stereocenters. The lowest BCUT2D eigenvalue weighted by molar-refractivity contribution is 0.124.